The van der Waals surface area contributed by atoms with E-state index in [1.807, 2.05) is 0 Å². The highest BCUT2D eigenvalue weighted by Gasteiger charge is 2.22. The molecule has 0 heterocycles. The Balaban J connectivity index is 2.27. The second-order valence-corrected chi connectivity index (χ2v) is 4.19. The highest BCUT2D eigenvalue weighted by molar-refractivity contribution is 5.98. The predicted octanol–water partition coefficient (Wildman–Crippen LogP) is 3.61. The lowest BCUT2D eigenvalue weighted by Crippen LogP contribution is -1.97. The summed E-state index contributed by atoms with van der Waals surface area (Å²) in [7, 11) is 1.67. The van der Waals surface area contributed by atoms with Crippen molar-refractivity contribution in [3.8, 4) is 0 Å². The number of carbonyl (C=O) groups is 1. The van der Waals surface area contributed by atoms with Crippen LogP contribution in [0.4, 0.5) is 0 Å². The number of allylic oxidation sites excluding steroid dienone is 2. The van der Waals surface area contributed by atoms with Crippen LogP contribution in [-0.2, 0) is 9.53 Å². The molecule has 0 saturated carbocycles. The molecule has 15 heavy (non-hydrogen) atoms. The maximum atomic E-state index is 11.5. The van der Waals surface area contributed by atoms with Gasteiger partial charge in [0.1, 0.15) is 5.76 Å². The number of rotatable bonds is 7. The maximum Gasteiger partial charge on any atom is 0.162 e. The van der Waals surface area contributed by atoms with Crippen molar-refractivity contribution >= 4 is 5.78 Å². The summed E-state index contributed by atoms with van der Waals surface area (Å²) in [6.45, 7) is 2.21. The summed E-state index contributed by atoms with van der Waals surface area (Å²) >= 11 is 0. The topological polar surface area (TPSA) is 26.3 Å². The molecular weight excluding hydrogens is 188 g/mol. The largest absolute Gasteiger partial charge is 0.501 e. The zero-order valence-corrected chi connectivity index (χ0v) is 9.97. The van der Waals surface area contributed by atoms with E-state index < -0.39 is 0 Å². The first kappa shape index (κ1) is 12.3. The molecule has 0 spiro atoms. The Morgan fingerprint density at radius 2 is 1.87 bits per heavy atom. The Labute approximate surface area is 92.7 Å². The van der Waals surface area contributed by atoms with Gasteiger partial charge in [-0.15, -0.1) is 0 Å². The Morgan fingerprint density at radius 1 is 1.13 bits per heavy atom. The Kier molecular flexibility index (Phi) is 5.44. The van der Waals surface area contributed by atoms with E-state index in [4.69, 9.17) is 4.74 Å². The minimum atomic E-state index is 0.308. The summed E-state index contributed by atoms with van der Waals surface area (Å²) in [4.78, 5) is 11.5. The maximum absolute atomic E-state index is 11.5. The average Bonchev–Trinajstić information content (AvgIpc) is 2.60. The van der Waals surface area contributed by atoms with Gasteiger partial charge in [-0.1, -0.05) is 32.6 Å². The first-order chi connectivity index (χ1) is 7.29. The number of hydrogen-bond donors (Lipinski definition) is 0. The van der Waals surface area contributed by atoms with Gasteiger partial charge in [0.25, 0.3) is 0 Å². The number of unbranched alkanes of at least 4 members (excludes halogenated alkanes) is 4. The van der Waals surface area contributed by atoms with E-state index in [1.165, 1.54) is 25.7 Å². The summed E-state index contributed by atoms with van der Waals surface area (Å²) in [5.74, 6) is 1.25. The minimum absolute atomic E-state index is 0.308. The monoisotopic (exact) mass is 210 g/mol. The van der Waals surface area contributed by atoms with Gasteiger partial charge in [0.15, 0.2) is 5.78 Å². The molecule has 0 aliphatic heterocycles. The molecule has 0 unspecified atom stereocenters. The molecule has 0 atom stereocenters. The van der Waals surface area contributed by atoms with Crippen molar-refractivity contribution < 1.29 is 9.53 Å². The van der Waals surface area contributed by atoms with E-state index in [2.05, 4.69) is 6.92 Å². The quantitative estimate of drug-likeness (QED) is 0.600. The first-order valence-corrected chi connectivity index (χ1v) is 6.08. The number of ether oxygens (including phenoxy) is 1. The molecule has 0 fully saturated rings. The smallest absolute Gasteiger partial charge is 0.162 e. The van der Waals surface area contributed by atoms with E-state index >= 15 is 0 Å². The molecule has 2 nitrogen and oxygen atoms in total. The molecule has 1 aliphatic rings. The molecule has 0 radical (unpaired) electrons. The van der Waals surface area contributed by atoms with Gasteiger partial charge in [0, 0.05) is 18.4 Å². The Morgan fingerprint density at radius 3 is 2.53 bits per heavy atom. The standard InChI is InChI=1S/C13H22O2/c1-3-4-5-6-7-8-11-12(14)9-10-13(11)15-2/h3-10H2,1-2H3. The fourth-order valence-corrected chi connectivity index (χ4v) is 2.09. The van der Waals surface area contributed by atoms with Gasteiger partial charge in [0.2, 0.25) is 0 Å². The van der Waals surface area contributed by atoms with Crippen LogP contribution in [0.3, 0.4) is 0 Å². The van der Waals surface area contributed by atoms with Crippen LogP contribution in [0, 0.1) is 0 Å². The van der Waals surface area contributed by atoms with E-state index in [9.17, 15) is 4.79 Å². The summed E-state index contributed by atoms with van der Waals surface area (Å²) in [5.41, 5.74) is 0.967. The lowest BCUT2D eigenvalue weighted by molar-refractivity contribution is -0.115. The number of ketones is 1. The Bertz CT molecular complexity index is 241. The van der Waals surface area contributed by atoms with Crippen LogP contribution >= 0.6 is 0 Å². The number of Topliss-reactive ketones (excluding diaryl/α,β-unsaturated/α-hetero) is 1. The van der Waals surface area contributed by atoms with Gasteiger partial charge in [-0.3, -0.25) is 4.79 Å². The SMILES string of the molecule is CCCCCCCC1=C(OC)CCC1=O. The van der Waals surface area contributed by atoms with Gasteiger partial charge in [-0.2, -0.15) is 0 Å². The van der Waals surface area contributed by atoms with Crippen molar-refractivity contribution in [3.63, 3.8) is 0 Å². The van der Waals surface area contributed by atoms with Crippen LogP contribution < -0.4 is 0 Å². The van der Waals surface area contributed by atoms with Crippen LogP contribution in [0.25, 0.3) is 0 Å². The van der Waals surface area contributed by atoms with Crippen molar-refractivity contribution in [2.75, 3.05) is 7.11 Å². The summed E-state index contributed by atoms with van der Waals surface area (Å²) < 4.78 is 5.23. The number of methoxy groups -OCH3 is 1. The first-order valence-electron chi connectivity index (χ1n) is 6.08. The molecule has 0 amide bonds. The highest BCUT2D eigenvalue weighted by Crippen LogP contribution is 2.27. The molecule has 0 saturated heterocycles. The van der Waals surface area contributed by atoms with Crippen LogP contribution in [0.5, 0.6) is 0 Å². The predicted molar refractivity (Wildman–Crippen MR) is 61.7 cm³/mol. The van der Waals surface area contributed by atoms with E-state index in [0.717, 1.165) is 30.6 Å². The zero-order chi connectivity index (χ0) is 11.1. The molecule has 0 N–H and O–H groups in total. The summed E-state index contributed by atoms with van der Waals surface area (Å²) in [6, 6.07) is 0. The summed E-state index contributed by atoms with van der Waals surface area (Å²) in [6.07, 6.45) is 8.64. The second-order valence-electron chi connectivity index (χ2n) is 4.19. The molecule has 0 aromatic heterocycles. The van der Waals surface area contributed by atoms with Gasteiger partial charge in [-0.25, -0.2) is 0 Å². The molecule has 1 rings (SSSR count). The van der Waals surface area contributed by atoms with E-state index in [1.54, 1.807) is 7.11 Å². The lowest BCUT2D eigenvalue weighted by atomic mass is 10.0. The van der Waals surface area contributed by atoms with Gasteiger partial charge < -0.3 is 4.74 Å². The molecule has 1 aliphatic carbocycles. The summed E-state index contributed by atoms with van der Waals surface area (Å²) in [5, 5.41) is 0. The van der Waals surface area contributed by atoms with Crippen molar-refractivity contribution in [1.82, 2.24) is 0 Å². The molecule has 86 valence electrons. The number of carbonyl (C=O) groups excluding carboxylic acids is 1. The molecule has 0 aromatic rings. The number of hydrogen-bond acceptors (Lipinski definition) is 2. The van der Waals surface area contributed by atoms with E-state index in [0.29, 0.717) is 12.2 Å². The lowest BCUT2D eigenvalue weighted by Gasteiger charge is -2.04. The van der Waals surface area contributed by atoms with Gasteiger partial charge in [0.05, 0.1) is 7.11 Å². The highest BCUT2D eigenvalue weighted by atomic mass is 16.5. The van der Waals surface area contributed by atoms with Crippen molar-refractivity contribution in [2.24, 2.45) is 0 Å². The van der Waals surface area contributed by atoms with Crippen LogP contribution in [0.15, 0.2) is 11.3 Å². The molecule has 0 aromatic carbocycles. The average molecular weight is 210 g/mol. The van der Waals surface area contributed by atoms with Crippen LogP contribution in [-0.4, -0.2) is 12.9 Å². The van der Waals surface area contributed by atoms with Gasteiger partial charge >= 0.3 is 0 Å². The minimum Gasteiger partial charge on any atom is -0.501 e. The normalized spacial score (nSPS) is 16.3. The third kappa shape index (κ3) is 3.69. The van der Waals surface area contributed by atoms with Crippen molar-refractivity contribution in [2.45, 2.75) is 58.3 Å². The van der Waals surface area contributed by atoms with Crippen molar-refractivity contribution in [3.05, 3.63) is 11.3 Å². The van der Waals surface area contributed by atoms with Crippen LogP contribution in [0.1, 0.15) is 58.3 Å². The van der Waals surface area contributed by atoms with Gasteiger partial charge in [-0.05, 0) is 12.8 Å². The fraction of sp³-hybridized carbons (Fsp3) is 0.769. The fourth-order valence-electron chi connectivity index (χ4n) is 2.09. The third-order valence-corrected chi connectivity index (χ3v) is 3.03. The molecule has 0 bridgehead atoms. The second kappa shape index (κ2) is 6.65. The third-order valence-electron chi connectivity index (χ3n) is 3.03. The molecule has 2 heteroatoms. The van der Waals surface area contributed by atoms with E-state index in [-0.39, 0.29) is 0 Å². The van der Waals surface area contributed by atoms with Crippen molar-refractivity contribution in [1.29, 1.82) is 0 Å². The Hall–Kier alpha value is -0.790. The zero-order valence-electron chi connectivity index (χ0n) is 9.97. The molecular formula is C13H22O2. The van der Waals surface area contributed by atoms with Crippen LogP contribution in [0.2, 0.25) is 0 Å².